The lowest BCUT2D eigenvalue weighted by Crippen LogP contribution is -2.53. The van der Waals surface area contributed by atoms with Crippen molar-refractivity contribution in [1.29, 1.82) is 0 Å². The highest BCUT2D eigenvalue weighted by Crippen LogP contribution is 2.43. The summed E-state index contributed by atoms with van der Waals surface area (Å²) in [5.41, 5.74) is 2.57. The fraction of sp³-hybridized carbons (Fsp3) is 0.538. The van der Waals surface area contributed by atoms with Crippen LogP contribution in [0, 0.1) is 0 Å². The van der Waals surface area contributed by atoms with Crippen LogP contribution in [0.25, 0.3) is 0 Å². The summed E-state index contributed by atoms with van der Waals surface area (Å²) in [5.74, 6) is 0.947. The van der Waals surface area contributed by atoms with Crippen molar-refractivity contribution in [2.75, 3.05) is 37.5 Å². The standard InChI is InChI=1S/C13H20N2O/c1-13(2)9-14(3)12-10(15(13)4)7-6-8-11(12)16-5/h6-8H,9H2,1-5H3. The maximum Gasteiger partial charge on any atom is 0.144 e. The monoisotopic (exact) mass is 220 g/mol. The summed E-state index contributed by atoms with van der Waals surface area (Å²) in [6.45, 7) is 5.51. The van der Waals surface area contributed by atoms with Crippen LogP contribution in [0.15, 0.2) is 18.2 Å². The Morgan fingerprint density at radius 2 is 1.94 bits per heavy atom. The zero-order valence-corrected chi connectivity index (χ0v) is 10.7. The van der Waals surface area contributed by atoms with E-state index >= 15 is 0 Å². The molecule has 3 nitrogen and oxygen atoms in total. The first-order valence-corrected chi connectivity index (χ1v) is 5.59. The van der Waals surface area contributed by atoms with Crippen molar-refractivity contribution < 1.29 is 4.74 Å². The molecule has 0 aliphatic carbocycles. The second kappa shape index (κ2) is 3.58. The maximum atomic E-state index is 5.43. The highest BCUT2D eigenvalue weighted by Gasteiger charge is 2.34. The van der Waals surface area contributed by atoms with Gasteiger partial charge in [0.25, 0.3) is 0 Å². The molecule has 1 heterocycles. The SMILES string of the molecule is COc1cccc2c1N(C)CC(C)(C)N2C. The molecule has 0 fully saturated rings. The molecule has 1 aromatic rings. The van der Waals surface area contributed by atoms with Gasteiger partial charge in [0.05, 0.1) is 18.3 Å². The van der Waals surface area contributed by atoms with E-state index in [1.807, 2.05) is 12.1 Å². The smallest absolute Gasteiger partial charge is 0.144 e. The van der Waals surface area contributed by atoms with Crippen molar-refractivity contribution in [1.82, 2.24) is 0 Å². The molecule has 0 unspecified atom stereocenters. The highest BCUT2D eigenvalue weighted by atomic mass is 16.5. The lowest BCUT2D eigenvalue weighted by Gasteiger charge is -2.47. The topological polar surface area (TPSA) is 15.7 Å². The molecule has 1 aliphatic heterocycles. The average molecular weight is 220 g/mol. The van der Waals surface area contributed by atoms with Crippen LogP contribution in [-0.2, 0) is 0 Å². The van der Waals surface area contributed by atoms with E-state index in [-0.39, 0.29) is 5.54 Å². The number of hydrogen-bond acceptors (Lipinski definition) is 3. The molecule has 0 saturated heterocycles. The van der Waals surface area contributed by atoms with E-state index in [0.29, 0.717) is 0 Å². The average Bonchev–Trinajstić information content (AvgIpc) is 2.24. The second-order valence-electron chi connectivity index (χ2n) is 5.06. The number of methoxy groups -OCH3 is 1. The van der Waals surface area contributed by atoms with Crippen LogP contribution in [0.5, 0.6) is 5.75 Å². The Hall–Kier alpha value is -1.38. The maximum absolute atomic E-state index is 5.43. The Labute approximate surface area is 97.6 Å². The minimum atomic E-state index is 0.147. The van der Waals surface area contributed by atoms with E-state index in [2.05, 4.69) is 43.8 Å². The van der Waals surface area contributed by atoms with E-state index in [0.717, 1.165) is 12.3 Å². The third-order valence-electron chi connectivity index (χ3n) is 3.47. The summed E-state index contributed by atoms with van der Waals surface area (Å²) in [5, 5.41) is 0. The molecular weight excluding hydrogens is 200 g/mol. The van der Waals surface area contributed by atoms with Gasteiger partial charge in [-0.2, -0.15) is 0 Å². The Kier molecular flexibility index (Phi) is 2.49. The van der Waals surface area contributed by atoms with Crippen LogP contribution < -0.4 is 14.5 Å². The van der Waals surface area contributed by atoms with Gasteiger partial charge in [-0.3, -0.25) is 0 Å². The number of likely N-dealkylation sites (N-methyl/N-ethyl adjacent to an activating group) is 2. The van der Waals surface area contributed by atoms with Crippen molar-refractivity contribution in [3.8, 4) is 5.75 Å². The van der Waals surface area contributed by atoms with Gasteiger partial charge in [0.2, 0.25) is 0 Å². The molecule has 0 aromatic heterocycles. The molecule has 0 spiro atoms. The summed E-state index contributed by atoms with van der Waals surface area (Å²) >= 11 is 0. The number of nitrogens with zero attached hydrogens (tertiary/aromatic N) is 2. The normalized spacial score (nSPS) is 18.3. The van der Waals surface area contributed by atoms with Crippen molar-refractivity contribution in [3.63, 3.8) is 0 Å². The van der Waals surface area contributed by atoms with Gasteiger partial charge < -0.3 is 14.5 Å². The molecule has 0 bridgehead atoms. The van der Waals surface area contributed by atoms with E-state index in [1.54, 1.807) is 7.11 Å². The van der Waals surface area contributed by atoms with Gasteiger partial charge in [-0.05, 0) is 26.0 Å². The molecule has 0 saturated carbocycles. The fourth-order valence-electron chi connectivity index (χ4n) is 2.42. The number of anilines is 2. The van der Waals surface area contributed by atoms with Crippen LogP contribution in [0.2, 0.25) is 0 Å². The molecule has 0 N–H and O–H groups in total. The molecule has 3 heteroatoms. The minimum Gasteiger partial charge on any atom is -0.495 e. The van der Waals surface area contributed by atoms with Crippen molar-refractivity contribution >= 4 is 11.4 Å². The zero-order valence-electron chi connectivity index (χ0n) is 10.7. The second-order valence-corrected chi connectivity index (χ2v) is 5.06. The predicted octanol–water partition coefficient (Wildman–Crippen LogP) is 2.36. The van der Waals surface area contributed by atoms with Crippen molar-refractivity contribution in [2.45, 2.75) is 19.4 Å². The van der Waals surface area contributed by atoms with Crippen molar-refractivity contribution in [3.05, 3.63) is 18.2 Å². The first kappa shape index (κ1) is 11.1. The summed E-state index contributed by atoms with van der Waals surface area (Å²) in [6.07, 6.45) is 0. The van der Waals surface area contributed by atoms with E-state index < -0.39 is 0 Å². The number of fused-ring (bicyclic) bond motifs is 1. The van der Waals surface area contributed by atoms with Crippen LogP contribution in [0.1, 0.15) is 13.8 Å². The van der Waals surface area contributed by atoms with Crippen LogP contribution in [0.3, 0.4) is 0 Å². The van der Waals surface area contributed by atoms with E-state index in [4.69, 9.17) is 4.74 Å². The van der Waals surface area contributed by atoms with Crippen LogP contribution in [-0.4, -0.2) is 33.3 Å². The lowest BCUT2D eigenvalue weighted by molar-refractivity contribution is 0.408. The van der Waals surface area contributed by atoms with Gasteiger partial charge in [0.15, 0.2) is 0 Å². The quantitative estimate of drug-likeness (QED) is 0.722. The third kappa shape index (κ3) is 1.51. The Morgan fingerprint density at radius 1 is 1.25 bits per heavy atom. The summed E-state index contributed by atoms with van der Waals surface area (Å²) < 4.78 is 5.43. The largest absolute Gasteiger partial charge is 0.495 e. The van der Waals surface area contributed by atoms with Gasteiger partial charge >= 0.3 is 0 Å². The van der Waals surface area contributed by atoms with Gasteiger partial charge in [0.1, 0.15) is 11.4 Å². The Morgan fingerprint density at radius 3 is 2.56 bits per heavy atom. The van der Waals surface area contributed by atoms with Crippen LogP contribution >= 0.6 is 0 Å². The van der Waals surface area contributed by atoms with Gasteiger partial charge in [-0.15, -0.1) is 0 Å². The third-order valence-corrected chi connectivity index (χ3v) is 3.47. The number of rotatable bonds is 1. The Bertz CT molecular complexity index is 401. The van der Waals surface area contributed by atoms with Gasteiger partial charge in [-0.25, -0.2) is 0 Å². The van der Waals surface area contributed by atoms with Crippen molar-refractivity contribution in [2.24, 2.45) is 0 Å². The van der Waals surface area contributed by atoms with Crippen LogP contribution in [0.4, 0.5) is 11.4 Å². The molecule has 16 heavy (non-hydrogen) atoms. The predicted molar refractivity (Wildman–Crippen MR) is 68.7 cm³/mol. The van der Waals surface area contributed by atoms with E-state index in [9.17, 15) is 0 Å². The lowest BCUT2D eigenvalue weighted by atomic mass is 9.97. The molecule has 0 amide bonds. The fourth-order valence-corrected chi connectivity index (χ4v) is 2.42. The first-order chi connectivity index (χ1) is 7.47. The molecule has 2 rings (SSSR count). The number of benzene rings is 1. The molecule has 0 radical (unpaired) electrons. The molecule has 1 aromatic carbocycles. The number of hydrogen-bond donors (Lipinski definition) is 0. The zero-order chi connectivity index (χ0) is 11.9. The van der Waals surface area contributed by atoms with E-state index in [1.165, 1.54) is 11.4 Å². The molecule has 88 valence electrons. The summed E-state index contributed by atoms with van der Waals surface area (Å²) in [4.78, 5) is 4.60. The minimum absolute atomic E-state index is 0.147. The highest BCUT2D eigenvalue weighted by molar-refractivity contribution is 5.80. The van der Waals surface area contributed by atoms with Gasteiger partial charge in [0, 0.05) is 20.6 Å². The summed E-state index contributed by atoms with van der Waals surface area (Å²) in [6, 6.07) is 6.21. The number of para-hydroxylation sites is 1. The molecule has 1 aliphatic rings. The summed E-state index contributed by atoms with van der Waals surface area (Å²) in [7, 11) is 5.99. The Balaban J connectivity index is 2.58. The number of ether oxygens (including phenoxy) is 1. The molecule has 0 atom stereocenters. The first-order valence-electron chi connectivity index (χ1n) is 5.59. The van der Waals surface area contributed by atoms with Gasteiger partial charge in [-0.1, -0.05) is 6.07 Å². The molecular formula is C13H20N2O.